The Hall–Kier alpha value is -2.38. The Labute approximate surface area is 180 Å². The monoisotopic (exact) mass is 472 g/mol. The first kappa shape index (κ1) is 19.9. The van der Waals surface area contributed by atoms with Crippen molar-refractivity contribution in [2.24, 2.45) is 0 Å². The van der Waals surface area contributed by atoms with Gasteiger partial charge in [0.05, 0.1) is 16.6 Å². The van der Waals surface area contributed by atoms with Gasteiger partial charge in [-0.3, -0.25) is 9.00 Å². The Kier molecular flexibility index (Phi) is 6.16. The van der Waals surface area contributed by atoms with Crippen molar-refractivity contribution in [3.8, 4) is 0 Å². The summed E-state index contributed by atoms with van der Waals surface area (Å²) in [6.07, 6.45) is 0. The fourth-order valence-electron chi connectivity index (χ4n) is 3.33. The number of hydrogen-bond acceptors (Lipinski definition) is 4. The molecule has 0 N–H and O–H groups in total. The lowest BCUT2D eigenvalue weighted by Crippen LogP contribution is -2.48. The highest BCUT2D eigenvalue weighted by molar-refractivity contribution is 9.10. The molecule has 5 nitrogen and oxygen atoms in total. The Morgan fingerprint density at radius 2 is 1.62 bits per heavy atom. The molecule has 1 atom stereocenters. The van der Waals surface area contributed by atoms with E-state index in [4.69, 9.17) is 4.42 Å². The van der Waals surface area contributed by atoms with Crippen LogP contribution in [0.4, 0.5) is 5.69 Å². The van der Waals surface area contributed by atoms with Crippen molar-refractivity contribution in [1.29, 1.82) is 0 Å². The van der Waals surface area contributed by atoms with Crippen molar-refractivity contribution in [3.05, 3.63) is 82.7 Å². The van der Waals surface area contributed by atoms with E-state index in [-0.39, 0.29) is 11.7 Å². The minimum atomic E-state index is -1.22. The second kappa shape index (κ2) is 8.97. The van der Waals surface area contributed by atoms with Gasteiger partial charge in [0.2, 0.25) is 0 Å². The molecule has 0 bridgehead atoms. The van der Waals surface area contributed by atoms with E-state index >= 15 is 0 Å². The average Bonchev–Trinajstić information content (AvgIpc) is 3.23. The quantitative estimate of drug-likeness (QED) is 0.554. The summed E-state index contributed by atoms with van der Waals surface area (Å²) in [4.78, 5) is 17.6. The molecule has 150 valence electrons. The fourth-order valence-corrected chi connectivity index (χ4v) is 4.62. The number of amides is 1. The molecule has 1 saturated heterocycles. The van der Waals surface area contributed by atoms with Gasteiger partial charge in [-0.1, -0.05) is 34.1 Å². The topological polar surface area (TPSA) is 53.8 Å². The third kappa shape index (κ3) is 4.79. The third-order valence-electron chi connectivity index (χ3n) is 4.91. The summed E-state index contributed by atoms with van der Waals surface area (Å²) in [5.74, 6) is 0.994. The molecule has 29 heavy (non-hydrogen) atoms. The molecule has 1 aliphatic rings. The highest BCUT2D eigenvalue weighted by Gasteiger charge is 2.24. The number of anilines is 1. The minimum absolute atomic E-state index is 0.113. The normalized spacial score (nSPS) is 15.3. The number of halogens is 1. The SMILES string of the molecule is O=C(c1ccc(CS(=O)c2ccc(Br)cc2)o1)N1CCN(c2ccccc2)CC1. The Morgan fingerprint density at radius 1 is 0.931 bits per heavy atom. The van der Waals surface area contributed by atoms with Crippen LogP contribution < -0.4 is 4.90 Å². The molecule has 3 aromatic rings. The van der Waals surface area contributed by atoms with Crippen LogP contribution in [0.25, 0.3) is 0 Å². The second-order valence-electron chi connectivity index (χ2n) is 6.82. The van der Waals surface area contributed by atoms with Crippen LogP contribution in [0.2, 0.25) is 0 Å². The van der Waals surface area contributed by atoms with Gasteiger partial charge in [-0.15, -0.1) is 0 Å². The van der Waals surface area contributed by atoms with Gasteiger partial charge >= 0.3 is 0 Å². The number of furan rings is 1. The number of rotatable bonds is 5. The summed E-state index contributed by atoms with van der Waals surface area (Å²) in [6, 6.07) is 21.0. The van der Waals surface area contributed by atoms with E-state index in [1.807, 2.05) is 47.4 Å². The zero-order chi connectivity index (χ0) is 20.2. The first-order chi connectivity index (χ1) is 14.1. The van der Waals surface area contributed by atoms with Crippen LogP contribution in [0.1, 0.15) is 16.3 Å². The first-order valence-corrected chi connectivity index (χ1v) is 11.5. The van der Waals surface area contributed by atoms with E-state index in [2.05, 4.69) is 33.0 Å². The summed E-state index contributed by atoms with van der Waals surface area (Å²) in [7, 11) is -1.22. The largest absolute Gasteiger partial charge is 0.455 e. The van der Waals surface area contributed by atoms with Crippen LogP contribution in [0.5, 0.6) is 0 Å². The van der Waals surface area contributed by atoms with Crippen molar-refractivity contribution >= 4 is 38.3 Å². The number of para-hydroxylation sites is 1. The number of benzene rings is 2. The molecule has 4 rings (SSSR count). The fraction of sp³-hybridized carbons (Fsp3) is 0.227. The van der Waals surface area contributed by atoms with Crippen molar-refractivity contribution in [1.82, 2.24) is 4.90 Å². The lowest BCUT2D eigenvalue weighted by Gasteiger charge is -2.35. The number of carbonyl (C=O) groups excluding carboxylic acids is 1. The van der Waals surface area contributed by atoms with Crippen LogP contribution >= 0.6 is 15.9 Å². The third-order valence-corrected chi connectivity index (χ3v) is 6.78. The van der Waals surface area contributed by atoms with Gasteiger partial charge in [0, 0.05) is 41.2 Å². The van der Waals surface area contributed by atoms with Crippen molar-refractivity contribution in [3.63, 3.8) is 0 Å². The standard InChI is InChI=1S/C22H21BrN2O3S/c23-17-6-9-20(10-7-17)29(27)16-19-8-11-21(28-19)22(26)25-14-12-24(13-15-25)18-4-2-1-3-5-18/h1-11H,12-16H2. The number of nitrogens with zero attached hydrogens (tertiary/aromatic N) is 2. The van der Waals surface area contributed by atoms with Crippen molar-refractivity contribution in [2.75, 3.05) is 31.1 Å². The zero-order valence-corrected chi connectivity index (χ0v) is 18.2. The minimum Gasteiger partial charge on any atom is -0.455 e. The van der Waals surface area contributed by atoms with Gasteiger partial charge < -0.3 is 14.2 Å². The lowest BCUT2D eigenvalue weighted by molar-refractivity contribution is 0.0713. The average molecular weight is 473 g/mol. The molecular formula is C22H21BrN2O3S. The van der Waals surface area contributed by atoms with E-state index in [1.165, 1.54) is 5.69 Å². The number of hydrogen-bond donors (Lipinski definition) is 0. The predicted octanol–water partition coefficient (Wildman–Crippen LogP) is 4.31. The van der Waals surface area contributed by atoms with Gasteiger partial charge in [0.1, 0.15) is 5.76 Å². The van der Waals surface area contributed by atoms with E-state index in [9.17, 15) is 9.00 Å². The molecule has 0 aliphatic carbocycles. The molecule has 1 amide bonds. The molecule has 2 heterocycles. The summed E-state index contributed by atoms with van der Waals surface area (Å²) in [5, 5.41) is 0. The van der Waals surface area contributed by atoms with Crippen LogP contribution in [0.3, 0.4) is 0 Å². The molecule has 2 aromatic carbocycles. The van der Waals surface area contributed by atoms with Gasteiger partial charge in [0.25, 0.3) is 5.91 Å². The molecule has 0 radical (unpaired) electrons. The molecule has 1 fully saturated rings. The summed E-state index contributed by atoms with van der Waals surface area (Å²) >= 11 is 3.37. The molecule has 7 heteroatoms. The molecule has 1 aromatic heterocycles. The number of piperazine rings is 1. The molecule has 0 saturated carbocycles. The van der Waals surface area contributed by atoms with Gasteiger partial charge in [-0.25, -0.2) is 0 Å². The summed E-state index contributed by atoms with van der Waals surface area (Å²) in [6.45, 7) is 2.87. The first-order valence-electron chi connectivity index (χ1n) is 9.42. The van der Waals surface area contributed by atoms with Crippen LogP contribution in [0.15, 0.2) is 80.5 Å². The maximum Gasteiger partial charge on any atom is 0.289 e. The Balaban J connectivity index is 1.35. The second-order valence-corrected chi connectivity index (χ2v) is 9.19. The van der Waals surface area contributed by atoms with Gasteiger partial charge in [0.15, 0.2) is 5.76 Å². The van der Waals surface area contributed by atoms with E-state index in [0.29, 0.717) is 24.6 Å². The Bertz CT molecular complexity index is 996. The number of carbonyl (C=O) groups is 1. The lowest BCUT2D eigenvalue weighted by atomic mass is 10.2. The van der Waals surface area contributed by atoms with E-state index in [0.717, 1.165) is 22.5 Å². The molecular weight excluding hydrogens is 452 g/mol. The van der Waals surface area contributed by atoms with E-state index in [1.54, 1.807) is 12.1 Å². The summed E-state index contributed by atoms with van der Waals surface area (Å²) < 4.78 is 19.2. The van der Waals surface area contributed by atoms with Gasteiger partial charge in [-0.05, 0) is 48.5 Å². The maximum atomic E-state index is 12.8. The van der Waals surface area contributed by atoms with Crippen molar-refractivity contribution in [2.45, 2.75) is 10.6 Å². The molecule has 0 spiro atoms. The van der Waals surface area contributed by atoms with Gasteiger partial charge in [-0.2, -0.15) is 0 Å². The van der Waals surface area contributed by atoms with E-state index < -0.39 is 10.8 Å². The molecule has 1 aliphatic heterocycles. The zero-order valence-electron chi connectivity index (χ0n) is 15.8. The maximum absolute atomic E-state index is 12.8. The smallest absolute Gasteiger partial charge is 0.289 e. The highest BCUT2D eigenvalue weighted by atomic mass is 79.9. The summed E-state index contributed by atoms with van der Waals surface area (Å²) in [5.41, 5.74) is 1.18. The molecule has 1 unspecified atom stereocenters. The predicted molar refractivity (Wildman–Crippen MR) is 118 cm³/mol. The Morgan fingerprint density at radius 3 is 2.31 bits per heavy atom. The van der Waals surface area contributed by atoms with Crippen LogP contribution in [-0.2, 0) is 16.6 Å². The van der Waals surface area contributed by atoms with Crippen molar-refractivity contribution < 1.29 is 13.4 Å². The highest BCUT2D eigenvalue weighted by Crippen LogP contribution is 2.20. The van der Waals surface area contributed by atoms with Crippen LogP contribution in [-0.4, -0.2) is 41.2 Å². The van der Waals surface area contributed by atoms with Crippen LogP contribution in [0, 0.1) is 0 Å².